The normalized spacial score (nSPS) is 12.1. The first kappa shape index (κ1) is 12.7. The minimum atomic E-state index is -0.186. The lowest BCUT2D eigenvalue weighted by molar-refractivity contribution is -0.143. The Morgan fingerprint density at radius 1 is 1.31 bits per heavy atom. The van der Waals surface area contributed by atoms with Gasteiger partial charge in [0.2, 0.25) is 0 Å². The van der Waals surface area contributed by atoms with Crippen LogP contribution in [-0.2, 0) is 20.7 Å². The van der Waals surface area contributed by atoms with E-state index in [1.54, 1.807) is 7.11 Å². The van der Waals surface area contributed by atoms with Crippen molar-refractivity contribution in [2.24, 2.45) is 0 Å². The van der Waals surface area contributed by atoms with Crippen LogP contribution in [0.15, 0.2) is 30.3 Å². The molecule has 0 N–H and O–H groups in total. The topological polar surface area (TPSA) is 35.5 Å². The van der Waals surface area contributed by atoms with Crippen LogP contribution in [0, 0.1) is 0 Å². The standard InChI is InChI=1S/C13H18O3/c1-11(15-2)8-9-16-13(14)10-12-6-4-3-5-7-12/h3-7,11H,8-10H2,1-2H3/t11-/m1/s1. The van der Waals surface area contributed by atoms with Gasteiger partial charge in [-0.25, -0.2) is 0 Å². The summed E-state index contributed by atoms with van der Waals surface area (Å²) in [7, 11) is 1.65. The van der Waals surface area contributed by atoms with Gasteiger partial charge in [0.05, 0.1) is 19.1 Å². The molecular formula is C13H18O3. The van der Waals surface area contributed by atoms with Gasteiger partial charge in [-0.05, 0) is 12.5 Å². The third-order valence-corrected chi connectivity index (χ3v) is 2.38. The molecule has 0 fully saturated rings. The zero-order valence-electron chi connectivity index (χ0n) is 9.81. The van der Waals surface area contributed by atoms with Gasteiger partial charge in [-0.1, -0.05) is 30.3 Å². The predicted molar refractivity (Wildman–Crippen MR) is 62.2 cm³/mol. The van der Waals surface area contributed by atoms with Gasteiger partial charge < -0.3 is 9.47 Å². The van der Waals surface area contributed by atoms with E-state index in [-0.39, 0.29) is 12.1 Å². The molecule has 0 aromatic heterocycles. The molecular weight excluding hydrogens is 204 g/mol. The van der Waals surface area contributed by atoms with Crippen LogP contribution in [0.2, 0.25) is 0 Å². The lowest BCUT2D eigenvalue weighted by atomic mass is 10.2. The maximum atomic E-state index is 11.4. The summed E-state index contributed by atoms with van der Waals surface area (Å²) in [6.07, 6.45) is 1.20. The van der Waals surface area contributed by atoms with Crippen LogP contribution in [-0.4, -0.2) is 25.8 Å². The third kappa shape index (κ3) is 4.94. The molecule has 0 aliphatic rings. The van der Waals surface area contributed by atoms with Gasteiger partial charge in [0.25, 0.3) is 0 Å². The number of benzene rings is 1. The summed E-state index contributed by atoms with van der Waals surface area (Å²) in [6.45, 7) is 2.37. The zero-order chi connectivity index (χ0) is 11.8. The third-order valence-electron chi connectivity index (χ3n) is 2.38. The molecule has 1 aromatic carbocycles. The fraction of sp³-hybridized carbons (Fsp3) is 0.462. The second kappa shape index (κ2) is 7.01. The van der Waals surface area contributed by atoms with Crippen LogP contribution < -0.4 is 0 Å². The highest BCUT2D eigenvalue weighted by Gasteiger charge is 2.05. The number of rotatable bonds is 6. The largest absolute Gasteiger partial charge is 0.465 e. The molecule has 0 amide bonds. The van der Waals surface area contributed by atoms with Gasteiger partial charge in [-0.3, -0.25) is 4.79 Å². The second-order valence-electron chi connectivity index (χ2n) is 3.72. The summed E-state index contributed by atoms with van der Waals surface area (Å²) in [5, 5.41) is 0. The van der Waals surface area contributed by atoms with E-state index in [4.69, 9.17) is 9.47 Å². The Bertz CT molecular complexity index is 308. The molecule has 0 bridgehead atoms. The summed E-state index contributed by atoms with van der Waals surface area (Å²) in [5.74, 6) is -0.186. The van der Waals surface area contributed by atoms with Crippen LogP contribution in [0.4, 0.5) is 0 Å². The highest BCUT2D eigenvalue weighted by molar-refractivity contribution is 5.72. The van der Waals surface area contributed by atoms with Gasteiger partial charge >= 0.3 is 5.97 Å². The van der Waals surface area contributed by atoms with Gasteiger partial charge in [0.15, 0.2) is 0 Å². The monoisotopic (exact) mass is 222 g/mol. The van der Waals surface area contributed by atoms with E-state index in [1.807, 2.05) is 37.3 Å². The van der Waals surface area contributed by atoms with Crippen molar-refractivity contribution in [3.05, 3.63) is 35.9 Å². The first-order valence-corrected chi connectivity index (χ1v) is 5.44. The average molecular weight is 222 g/mol. The van der Waals surface area contributed by atoms with Crippen LogP contribution in [0.5, 0.6) is 0 Å². The smallest absolute Gasteiger partial charge is 0.310 e. The lowest BCUT2D eigenvalue weighted by Crippen LogP contribution is -2.14. The molecule has 3 heteroatoms. The van der Waals surface area contributed by atoms with Crippen molar-refractivity contribution >= 4 is 5.97 Å². The number of hydrogen-bond donors (Lipinski definition) is 0. The summed E-state index contributed by atoms with van der Waals surface area (Å²) in [4.78, 5) is 11.4. The first-order valence-electron chi connectivity index (χ1n) is 5.44. The molecule has 1 aromatic rings. The molecule has 0 saturated heterocycles. The molecule has 88 valence electrons. The van der Waals surface area contributed by atoms with Gasteiger partial charge in [0, 0.05) is 13.5 Å². The summed E-state index contributed by atoms with van der Waals surface area (Å²) in [6, 6.07) is 9.58. The number of methoxy groups -OCH3 is 1. The molecule has 3 nitrogen and oxygen atoms in total. The van der Waals surface area contributed by atoms with E-state index < -0.39 is 0 Å². The Balaban J connectivity index is 2.21. The minimum absolute atomic E-state index is 0.129. The Kier molecular flexibility index (Phi) is 5.57. The molecule has 1 rings (SSSR count). The van der Waals surface area contributed by atoms with Crippen molar-refractivity contribution in [2.45, 2.75) is 25.9 Å². The van der Waals surface area contributed by atoms with Crippen molar-refractivity contribution in [3.63, 3.8) is 0 Å². The van der Waals surface area contributed by atoms with E-state index in [2.05, 4.69) is 0 Å². The van der Waals surface area contributed by atoms with E-state index >= 15 is 0 Å². The number of ether oxygens (including phenoxy) is 2. The van der Waals surface area contributed by atoms with Gasteiger partial charge in [-0.15, -0.1) is 0 Å². The Morgan fingerprint density at radius 2 is 2.00 bits per heavy atom. The van der Waals surface area contributed by atoms with Crippen molar-refractivity contribution in [2.75, 3.05) is 13.7 Å². The summed E-state index contributed by atoms with van der Waals surface area (Å²) >= 11 is 0. The number of carbonyl (C=O) groups is 1. The van der Waals surface area contributed by atoms with Gasteiger partial charge in [-0.2, -0.15) is 0 Å². The number of esters is 1. The average Bonchev–Trinajstić information content (AvgIpc) is 2.30. The van der Waals surface area contributed by atoms with E-state index in [0.29, 0.717) is 13.0 Å². The lowest BCUT2D eigenvalue weighted by Gasteiger charge is -2.09. The molecule has 1 atom stereocenters. The quantitative estimate of drug-likeness (QED) is 0.692. The molecule has 16 heavy (non-hydrogen) atoms. The van der Waals surface area contributed by atoms with E-state index in [9.17, 15) is 4.79 Å². The summed E-state index contributed by atoms with van der Waals surface area (Å²) < 4.78 is 10.2. The Morgan fingerprint density at radius 3 is 2.62 bits per heavy atom. The number of hydrogen-bond acceptors (Lipinski definition) is 3. The fourth-order valence-electron chi connectivity index (χ4n) is 1.27. The maximum absolute atomic E-state index is 11.4. The minimum Gasteiger partial charge on any atom is -0.465 e. The Hall–Kier alpha value is -1.35. The van der Waals surface area contributed by atoms with Crippen LogP contribution in [0.3, 0.4) is 0 Å². The van der Waals surface area contributed by atoms with E-state index in [0.717, 1.165) is 12.0 Å². The zero-order valence-corrected chi connectivity index (χ0v) is 9.81. The van der Waals surface area contributed by atoms with Crippen molar-refractivity contribution < 1.29 is 14.3 Å². The highest BCUT2D eigenvalue weighted by atomic mass is 16.5. The highest BCUT2D eigenvalue weighted by Crippen LogP contribution is 2.02. The van der Waals surface area contributed by atoms with Crippen molar-refractivity contribution in [3.8, 4) is 0 Å². The van der Waals surface area contributed by atoms with Crippen molar-refractivity contribution in [1.29, 1.82) is 0 Å². The molecule has 0 saturated carbocycles. The molecule has 0 unspecified atom stereocenters. The van der Waals surface area contributed by atoms with Crippen LogP contribution >= 0.6 is 0 Å². The predicted octanol–water partition coefficient (Wildman–Crippen LogP) is 2.20. The Labute approximate surface area is 96.4 Å². The molecule has 0 spiro atoms. The van der Waals surface area contributed by atoms with Crippen molar-refractivity contribution in [1.82, 2.24) is 0 Å². The van der Waals surface area contributed by atoms with Gasteiger partial charge in [0.1, 0.15) is 0 Å². The number of carbonyl (C=O) groups excluding carboxylic acids is 1. The van der Waals surface area contributed by atoms with Crippen LogP contribution in [0.25, 0.3) is 0 Å². The fourth-order valence-corrected chi connectivity index (χ4v) is 1.27. The maximum Gasteiger partial charge on any atom is 0.310 e. The summed E-state index contributed by atoms with van der Waals surface area (Å²) in [5.41, 5.74) is 0.979. The second-order valence-corrected chi connectivity index (χ2v) is 3.72. The molecule has 0 aliphatic carbocycles. The molecule has 0 aliphatic heterocycles. The van der Waals surface area contributed by atoms with E-state index in [1.165, 1.54) is 0 Å². The SMILES string of the molecule is CO[C@H](C)CCOC(=O)Cc1ccccc1. The first-order chi connectivity index (χ1) is 7.72. The molecule has 0 heterocycles. The molecule has 0 radical (unpaired) electrons. The van der Waals surface area contributed by atoms with Crippen LogP contribution in [0.1, 0.15) is 18.9 Å².